The lowest BCUT2D eigenvalue weighted by molar-refractivity contribution is -0.154. The van der Waals surface area contributed by atoms with Gasteiger partial charge in [0.05, 0.1) is 11.8 Å². The number of hydrogen-bond acceptors (Lipinski definition) is 5. The zero-order valence-corrected chi connectivity index (χ0v) is 15.7. The number of carbonyl (C=O) groups is 4. The molecule has 1 aliphatic heterocycles. The van der Waals surface area contributed by atoms with Crippen molar-refractivity contribution in [1.29, 1.82) is 0 Å². The van der Waals surface area contributed by atoms with Crippen LogP contribution in [0, 0.1) is 11.8 Å². The number of fused-ring (bicyclic) bond motifs is 1. The maximum absolute atomic E-state index is 12.3. The Morgan fingerprint density at radius 3 is 2.41 bits per heavy atom. The van der Waals surface area contributed by atoms with Crippen molar-refractivity contribution in [1.82, 2.24) is 10.2 Å². The zero-order valence-electron chi connectivity index (χ0n) is 15.7. The van der Waals surface area contributed by atoms with Gasteiger partial charge in [0.2, 0.25) is 11.8 Å². The van der Waals surface area contributed by atoms with Crippen LogP contribution in [-0.4, -0.2) is 48.3 Å². The van der Waals surface area contributed by atoms with Gasteiger partial charge >= 0.3 is 5.97 Å². The molecule has 7 nitrogen and oxygen atoms in total. The van der Waals surface area contributed by atoms with Gasteiger partial charge in [-0.25, -0.2) is 0 Å². The Kier molecular flexibility index (Phi) is 6.63. The summed E-state index contributed by atoms with van der Waals surface area (Å²) in [5.74, 6) is -2.19. The lowest BCUT2D eigenvalue weighted by Gasteiger charge is -2.19. The quantitative estimate of drug-likeness (QED) is 0.415. The summed E-state index contributed by atoms with van der Waals surface area (Å²) >= 11 is 0. The number of ether oxygens (including phenoxy) is 1. The lowest BCUT2D eigenvalue weighted by Crippen LogP contribution is -2.38. The van der Waals surface area contributed by atoms with Gasteiger partial charge in [-0.2, -0.15) is 0 Å². The monoisotopic (exact) mass is 376 g/mol. The highest BCUT2D eigenvalue weighted by Gasteiger charge is 2.48. The minimum absolute atomic E-state index is 0.271. The van der Waals surface area contributed by atoms with Crippen molar-refractivity contribution >= 4 is 23.7 Å². The molecular weight excluding hydrogens is 348 g/mol. The maximum atomic E-state index is 12.3. The van der Waals surface area contributed by atoms with Gasteiger partial charge < -0.3 is 10.1 Å². The number of likely N-dealkylation sites (tertiary alicyclic amines) is 1. The molecule has 2 fully saturated rings. The Morgan fingerprint density at radius 1 is 1.07 bits per heavy atom. The van der Waals surface area contributed by atoms with Gasteiger partial charge in [-0.05, 0) is 44.9 Å². The molecule has 3 aliphatic rings. The molecule has 1 N–H and O–H groups in total. The highest BCUT2D eigenvalue weighted by atomic mass is 16.5. The number of carbonyl (C=O) groups excluding carboxylic acids is 4. The maximum Gasteiger partial charge on any atom is 0.326 e. The Morgan fingerprint density at radius 2 is 1.78 bits per heavy atom. The van der Waals surface area contributed by atoms with Crippen molar-refractivity contribution in [2.24, 2.45) is 11.8 Å². The topological polar surface area (TPSA) is 92.8 Å². The summed E-state index contributed by atoms with van der Waals surface area (Å²) in [4.78, 5) is 49.4. The average molecular weight is 376 g/mol. The van der Waals surface area contributed by atoms with Crippen LogP contribution < -0.4 is 5.32 Å². The first-order valence-corrected chi connectivity index (χ1v) is 10.0. The molecule has 2 unspecified atom stereocenters. The van der Waals surface area contributed by atoms with Gasteiger partial charge in [0.1, 0.15) is 6.54 Å². The normalized spacial score (nSPS) is 25.0. The number of imide groups is 1. The van der Waals surface area contributed by atoms with Crippen molar-refractivity contribution in [2.45, 2.75) is 57.8 Å². The molecule has 0 aromatic heterocycles. The SMILES string of the molecule is O=C(COC(=O)CN1C(=O)C2CCCCC2C1=O)NCCC1=CCCCC1. The fourth-order valence-corrected chi connectivity index (χ4v) is 4.25. The van der Waals surface area contributed by atoms with Crippen LogP contribution in [-0.2, 0) is 23.9 Å². The van der Waals surface area contributed by atoms with Gasteiger partial charge in [0.25, 0.3) is 5.91 Å². The highest BCUT2D eigenvalue weighted by Crippen LogP contribution is 2.37. The third kappa shape index (κ3) is 4.96. The molecular formula is C20H28N2O5. The first-order chi connectivity index (χ1) is 13.1. The summed E-state index contributed by atoms with van der Waals surface area (Å²) < 4.78 is 4.95. The standard InChI is InChI=1S/C20H28N2O5/c23-17(21-11-10-14-6-2-1-3-7-14)13-27-18(24)12-22-19(25)15-8-4-5-9-16(15)20(22)26/h6,15-16H,1-5,7-13H2,(H,21,23). The minimum Gasteiger partial charge on any atom is -0.454 e. The third-order valence-electron chi connectivity index (χ3n) is 5.74. The van der Waals surface area contributed by atoms with Crippen LogP contribution >= 0.6 is 0 Å². The Hall–Kier alpha value is -2.18. The molecule has 2 atom stereocenters. The van der Waals surface area contributed by atoms with Crippen molar-refractivity contribution in [3.8, 4) is 0 Å². The van der Waals surface area contributed by atoms with Crippen LogP contribution in [0.25, 0.3) is 0 Å². The van der Waals surface area contributed by atoms with Crippen molar-refractivity contribution < 1.29 is 23.9 Å². The molecule has 3 rings (SSSR count). The summed E-state index contributed by atoms with van der Waals surface area (Å²) in [7, 11) is 0. The van der Waals surface area contributed by atoms with E-state index in [4.69, 9.17) is 4.74 Å². The Balaban J connectivity index is 1.36. The van der Waals surface area contributed by atoms with E-state index in [1.54, 1.807) is 0 Å². The van der Waals surface area contributed by atoms with Crippen molar-refractivity contribution in [2.75, 3.05) is 19.7 Å². The molecule has 0 bridgehead atoms. The van der Waals surface area contributed by atoms with Gasteiger partial charge in [0, 0.05) is 6.54 Å². The largest absolute Gasteiger partial charge is 0.454 e. The molecule has 1 saturated carbocycles. The summed E-state index contributed by atoms with van der Waals surface area (Å²) in [6.45, 7) is -0.263. The molecule has 0 spiro atoms. The molecule has 0 aromatic carbocycles. The summed E-state index contributed by atoms with van der Waals surface area (Å²) in [5.41, 5.74) is 1.37. The van der Waals surface area contributed by atoms with Crippen LogP contribution in [0.15, 0.2) is 11.6 Å². The molecule has 7 heteroatoms. The second kappa shape index (κ2) is 9.15. The summed E-state index contributed by atoms with van der Waals surface area (Å²) in [6, 6.07) is 0. The van der Waals surface area contributed by atoms with Gasteiger partial charge in [0.15, 0.2) is 6.61 Å². The van der Waals surface area contributed by atoms with Crippen molar-refractivity contribution in [3.05, 3.63) is 11.6 Å². The number of nitrogens with one attached hydrogen (secondary N) is 1. The van der Waals surface area contributed by atoms with Crippen LogP contribution in [0.1, 0.15) is 57.8 Å². The van der Waals surface area contributed by atoms with E-state index in [1.807, 2.05) is 0 Å². The second-order valence-corrected chi connectivity index (χ2v) is 7.63. The zero-order chi connectivity index (χ0) is 19.2. The number of hydrogen-bond donors (Lipinski definition) is 1. The Bertz CT molecular complexity index is 618. The number of allylic oxidation sites excluding steroid dienone is 1. The third-order valence-corrected chi connectivity index (χ3v) is 5.74. The van der Waals surface area contributed by atoms with E-state index < -0.39 is 12.5 Å². The van der Waals surface area contributed by atoms with Crippen LogP contribution in [0.3, 0.4) is 0 Å². The smallest absolute Gasteiger partial charge is 0.326 e. The van der Waals surface area contributed by atoms with E-state index in [0.717, 1.165) is 37.0 Å². The van der Waals surface area contributed by atoms with Crippen LogP contribution in [0.4, 0.5) is 0 Å². The number of amides is 3. The predicted octanol–water partition coefficient (Wildman–Crippen LogP) is 1.71. The fraction of sp³-hybridized carbons (Fsp3) is 0.700. The number of rotatable bonds is 7. The lowest BCUT2D eigenvalue weighted by atomic mass is 9.81. The van der Waals surface area contributed by atoms with Crippen LogP contribution in [0.5, 0.6) is 0 Å². The first kappa shape index (κ1) is 19.6. The first-order valence-electron chi connectivity index (χ1n) is 10.0. The van der Waals surface area contributed by atoms with Gasteiger partial charge in [-0.15, -0.1) is 0 Å². The van der Waals surface area contributed by atoms with E-state index in [9.17, 15) is 19.2 Å². The highest BCUT2D eigenvalue weighted by molar-refractivity contribution is 6.07. The van der Waals surface area contributed by atoms with E-state index in [1.165, 1.54) is 18.4 Å². The fourth-order valence-electron chi connectivity index (χ4n) is 4.25. The molecule has 2 aliphatic carbocycles. The second-order valence-electron chi connectivity index (χ2n) is 7.63. The summed E-state index contributed by atoms with van der Waals surface area (Å²) in [6.07, 6.45) is 11.0. The minimum atomic E-state index is -0.722. The molecule has 0 radical (unpaired) electrons. The van der Waals surface area contributed by atoms with Crippen molar-refractivity contribution in [3.63, 3.8) is 0 Å². The van der Waals surface area contributed by atoms with E-state index >= 15 is 0 Å². The van der Waals surface area contributed by atoms with E-state index in [0.29, 0.717) is 19.4 Å². The van der Waals surface area contributed by atoms with E-state index in [2.05, 4.69) is 11.4 Å². The van der Waals surface area contributed by atoms with Gasteiger partial charge in [-0.3, -0.25) is 24.1 Å². The molecule has 1 saturated heterocycles. The van der Waals surface area contributed by atoms with E-state index in [-0.39, 0.29) is 36.2 Å². The average Bonchev–Trinajstić information content (AvgIpc) is 2.92. The molecule has 1 heterocycles. The molecule has 3 amide bonds. The predicted molar refractivity (Wildman–Crippen MR) is 97.3 cm³/mol. The number of nitrogens with zero attached hydrogens (tertiary/aromatic N) is 1. The van der Waals surface area contributed by atoms with Crippen LogP contribution in [0.2, 0.25) is 0 Å². The van der Waals surface area contributed by atoms with Gasteiger partial charge in [-0.1, -0.05) is 24.5 Å². The molecule has 0 aromatic rings. The number of esters is 1. The molecule has 148 valence electrons. The summed E-state index contributed by atoms with van der Waals surface area (Å²) in [5, 5.41) is 2.73. The Labute approximate surface area is 159 Å². The molecule has 27 heavy (non-hydrogen) atoms.